The monoisotopic (exact) mass is 439 g/mol. The molecule has 2 aromatic rings. The summed E-state index contributed by atoms with van der Waals surface area (Å²) in [6.45, 7) is -2.50. The van der Waals surface area contributed by atoms with Gasteiger partial charge in [0.25, 0.3) is 0 Å². The van der Waals surface area contributed by atoms with Crippen LogP contribution in [-0.4, -0.2) is 13.7 Å². The second kappa shape index (κ2) is 8.68. The summed E-state index contributed by atoms with van der Waals surface area (Å²) in [7, 11) is 1.32. The molecule has 0 atom stereocenters. The Hall–Kier alpha value is -1.87. The zero-order valence-electron chi connectivity index (χ0n) is 13.5. The summed E-state index contributed by atoms with van der Waals surface area (Å²) in [4.78, 5) is 0. The maximum atomic E-state index is 12.7. The Bertz CT molecular complexity index is 752. The van der Waals surface area contributed by atoms with Crippen LogP contribution in [0.15, 0.2) is 40.9 Å². The first kappa shape index (κ1) is 20.4. The number of hydrogen-bond donors (Lipinski definition) is 1. The molecule has 0 aliphatic rings. The summed E-state index contributed by atoms with van der Waals surface area (Å²) in [5, 5.41) is 3.00. The SMILES string of the molecule is COc1cc(CNCc2cccc(C(F)(F)F)c2)cc(Br)c1OC(F)F. The van der Waals surface area contributed by atoms with E-state index in [-0.39, 0.29) is 22.5 Å². The largest absolute Gasteiger partial charge is 0.493 e. The quantitative estimate of drug-likeness (QED) is 0.588. The van der Waals surface area contributed by atoms with Gasteiger partial charge in [-0.3, -0.25) is 0 Å². The molecule has 9 heteroatoms. The van der Waals surface area contributed by atoms with E-state index in [9.17, 15) is 22.0 Å². The van der Waals surface area contributed by atoms with Crippen LogP contribution < -0.4 is 14.8 Å². The van der Waals surface area contributed by atoms with Gasteiger partial charge >= 0.3 is 12.8 Å². The summed E-state index contributed by atoms with van der Waals surface area (Å²) in [6, 6.07) is 8.09. The van der Waals surface area contributed by atoms with E-state index in [1.165, 1.54) is 19.2 Å². The Morgan fingerprint density at radius 2 is 1.77 bits per heavy atom. The van der Waals surface area contributed by atoms with E-state index >= 15 is 0 Å². The third-order valence-corrected chi connectivity index (χ3v) is 4.00. The zero-order valence-corrected chi connectivity index (χ0v) is 15.1. The summed E-state index contributed by atoms with van der Waals surface area (Å²) in [5.74, 6) is -0.000304. The van der Waals surface area contributed by atoms with Crippen LogP contribution in [0.2, 0.25) is 0 Å². The minimum Gasteiger partial charge on any atom is -0.493 e. The molecule has 142 valence electrons. The number of hydrogen-bond acceptors (Lipinski definition) is 3. The van der Waals surface area contributed by atoms with E-state index in [1.54, 1.807) is 12.1 Å². The lowest BCUT2D eigenvalue weighted by molar-refractivity contribution is -0.137. The van der Waals surface area contributed by atoms with Crippen molar-refractivity contribution in [2.45, 2.75) is 25.9 Å². The van der Waals surface area contributed by atoms with Gasteiger partial charge < -0.3 is 14.8 Å². The van der Waals surface area contributed by atoms with Crippen LogP contribution in [0.4, 0.5) is 22.0 Å². The molecule has 0 aliphatic carbocycles. The molecular formula is C17H15BrF5NO2. The van der Waals surface area contributed by atoms with Gasteiger partial charge in [-0.15, -0.1) is 0 Å². The molecule has 0 saturated heterocycles. The highest BCUT2D eigenvalue weighted by atomic mass is 79.9. The highest BCUT2D eigenvalue weighted by Gasteiger charge is 2.30. The first-order valence-electron chi connectivity index (χ1n) is 7.38. The predicted molar refractivity (Wildman–Crippen MR) is 89.3 cm³/mol. The van der Waals surface area contributed by atoms with Gasteiger partial charge in [0.2, 0.25) is 0 Å². The maximum absolute atomic E-state index is 12.7. The fourth-order valence-corrected chi connectivity index (χ4v) is 2.87. The van der Waals surface area contributed by atoms with Gasteiger partial charge in [-0.05, 0) is 45.3 Å². The number of ether oxygens (including phenoxy) is 2. The van der Waals surface area contributed by atoms with Gasteiger partial charge in [0, 0.05) is 13.1 Å². The van der Waals surface area contributed by atoms with Crippen molar-refractivity contribution in [1.82, 2.24) is 5.32 Å². The van der Waals surface area contributed by atoms with Gasteiger partial charge in [0.05, 0.1) is 17.1 Å². The van der Waals surface area contributed by atoms with Crippen LogP contribution in [-0.2, 0) is 19.3 Å². The van der Waals surface area contributed by atoms with E-state index in [1.807, 2.05) is 0 Å². The Labute approximate surface area is 155 Å². The molecule has 0 aliphatic heterocycles. The Morgan fingerprint density at radius 1 is 1.08 bits per heavy atom. The van der Waals surface area contributed by atoms with Crippen LogP contribution in [0, 0.1) is 0 Å². The smallest absolute Gasteiger partial charge is 0.416 e. The Balaban J connectivity index is 2.05. The molecule has 1 N–H and O–H groups in total. The van der Waals surface area contributed by atoms with Crippen molar-refractivity contribution in [1.29, 1.82) is 0 Å². The average Bonchev–Trinajstić information content (AvgIpc) is 2.56. The number of rotatable bonds is 7. The van der Waals surface area contributed by atoms with Crippen LogP contribution >= 0.6 is 15.9 Å². The molecular weight excluding hydrogens is 425 g/mol. The Kier molecular flexibility index (Phi) is 6.82. The molecule has 26 heavy (non-hydrogen) atoms. The van der Waals surface area contributed by atoms with Crippen molar-refractivity contribution in [3.63, 3.8) is 0 Å². The molecule has 2 aromatic carbocycles. The number of benzene rings is 2. The third kappa shape index (κ3) is 5.57. The first-order valence-corrected chi connectivity index (χ1v) is 8.18. The number of halogens is 6. The number of methoxy groups -OCH3 is 1. The molecule has 0 spiro atoms. The van der Waals surface area contributed by atoms with Crippen LogP contribution in [0.5, 0.6) is 11.5 Å². The number of alkyl halides is 5. The molecule has 0 heterocycles. The van der Waals surface area contributed by atoms with Crippen molar-refractivity contribution in [2.75, 3.05) is 7.11 Å². The summed E-state index contributed by atoms with van der Waals surface area (Å²) in [6.07, 6.45) is -4.39. The van der Waals surface area contributed by atoms with Crippen LogP contribution in [0.3, 0.4) is 0 Å². The van der Waals surface area contributed by atoms with E-state index in [0.29, 0.717) is 17.7 Å². The molecule has 0 unspecified atom stereocenters. The lowest BCUT2D eigenvalue weighted by Crippen LogP contribution is -2.14. The van der Waals surface area contributed by atoms with E-state index in [0.717, 1.165) is 12.1 Å². The minimum atomic E-state index is -4.39. The fourth-order valence-electron chi connectivity index (χ4n) is 2.29. The zero-order chi connectivity index (χ0) is 19.3. The molecule has 0 aromatic heterocycles. The summed E-state index contributed by atoms with van der Waals surface area (Å²) in [5.41, 5.74) is 0.445. The lowest BCUT2D eigenvalue weighted by atomic mass is 10.1. The van der Waals surface area contributed by atoms with Crippen molar-refractivity contribution in [3.8, 4) is 11.5 Å². The summed E-state index contributed by atoms with van der Waals surface area (Å²) < 4.78 is 72.7. The molecule has 2 rings (SSSR count). The molecule has 0 amide bonds. The number of nitrogens with one attached hydrogen (secondary N) is 1. The maximum Gasteiger partial charge on any atom is 0.416 e. The average molecular weight is 440 g/mol. The second-order valence-corrected chi connectivity index (χ2v) is 6.14. The van der Waals surface area contributed by atoms with Crippen molar-refractivity contribution >= 4 is 15.9 Å². The lowest BCUT2D eigenvalue weighted by Gasteiger charge is -2.14. The first-order chi connectivity index (χ1) is 12.2. The molecule has 3 nitrogen and oxygen atoms in total. The third-order valence-electron chi connectivity index (χ3n) is 3.41. The molecule has 0 bridgehead atoms. The minimum absolute atomic E-state index is 0.121. The van der Waals surface area contributed by atoms with Crippen LogP contribution in [0.1, 0.15) is 16.7 Å². The van der Waals surface area contributed by atoms with E-state index in [2.05, 4.69) is 26.0 Å². The van der Waals surface area contributed by atoms with Gasteiger partial charge in [0.15, 0.2) is 11.5 Å². The standard InChI is InChI=1S/C17H15BrF5NO2/c1-25-14-7-11(6-13(18)15(14)26-16(19)20)9-24-8-10-3-2-4-12(5-10)17(21,22)23/h2-7,16,24H,8-9H2,1H3. The topological polar surface area (TPSA) is 30.5 Å². The van der Waals surface area contributed by atoms with Gasteiger partial charge in [-0.25, -0.2) is 0 Å². The van der Waals surface area contributed by atoms with Gasteiger partial charge in [0.1, 0.15) is 0 Å². The highest BCUT2D eigenvalue weighted by molar-refractivity contribution is 9.10. The van der Waals surface area contributed by atoms with E-state index < -0.39 is 18.4 Å². The van der Waals surface area contributed by atoms with Crippen molar-refractivity contribution in [2.24, 2.45) is 0 Å². The highest BCUT2D eigenvalue weighted by Crippen LogP contribution is 2.37. The van der Waals surface area contributed by atoms with Crippen molar-refractivity contribution in [3.05, 3.63) is 57.6 Å². The molecule has 0 saturated carbocycles. The Morgan fingerprint density at radius 3 is 2.38 bits per heavy atom. The predicted octanol–water partition coefficient (Wildman–Crippen LogP) is 5.37. The van der Waals surface area contributed by atoms with Crippen LogP contribution in [0.25, 0.3) is 0 Å². The molecule has 0 radical (unpaired) electrons. The normalized spacial score (nSPS) is 11.7. The van der Waals surface area contributed by atoms with E-state index in [4.69, 9.17) is 4.74 Å². The van der Waals surface area contributed by atoms with Crippen molar-refractivity contribution < 1.29 is 31.4 Å². The summed E-state index contributed by atoms with van der Waals surface area (Å²) >= 11 is 3.14. The van der Waals surface area contributed by atoms with Gasteiger partial charge in [-0.2, -0.15) is 22.0 Å². The molecule has 0 fully saturated rings. The fraction of sp³-hybridized carbons (Fsp3) is 0.294. The second-order valence-electron chi connectivity index (χ2n) is 5.29. The van der Waals surface area contributed by atoms with Gasteiger partial charge in [-0.1, -0.05) is 18.2 Å².